The third-order valence-electron chi connectivity index (χ3n) is 6.44. The zero-order valence-electron chi connectivity index (χ0n) is 22.4. The largest absolute Gasteiger partial charge is 0.352 e. The van der Waals surface area contributed by atoms with Gasteiger partial charge in [-0.3, -0.25) is 13.9 Å². The molecular formula is C29H33F2N3O4S. The van der Waals surface area contributed by atoms with Gasteiger partial charge in [0, 0.05) is 12.6 Å². The predicted molar refractivity (Wildman–Crippen MR) is 146 cm³/mol. The highest BCUT2D eigenvalue weighted by molar-refractivity contribution is 7.92. The fourth-order valence-corrected chi connectivity index (χ4v) is 5.26. The summed E-state index contributed by atoms with van der Waals surface area (Å²) in [5.41, 5.74) is 1.06. The quantitative estimate of drug-likeness (QED) is 0.367. The van der Waals surface area contributed by atoms with Crippen LogP contribution in [-0.2, 0) is 26.2 Å². The molecule has 0 spiro atoms. The minimum atomic E-state index is -4.37. The SMILES string of the molecule is CC[C@@H](C)NC(=O)[C@H](C)N(Cc1ccc(F)cc1)C(=O)CN(c1ccccc1F)S(=O)(=O)c1ccc(C)cc1. The van der Waals surface area contributed by atoms with Crippen molar-refractivity contribution < 1.29 is 26.8 Å². The first-order valence-electron chi connectivity index (χ1n) is 12.6. The number of hydrogen-bond acceptors (Lipinski definition) is 4. The Kier molecular flexibility index (Phi) is 9.80. The summed E-state index contributed by atoms with van der Waals surface area (Å²) in [4.78, 5) is 27.9. The Morgan fingerprint density at radius 2 is 1.54 bits per heavy atom. The lowest BCUT2D eigenvalue weighted by Crippen LogP contribution is -2.52. The molecule has 0 saturated heterocycles. The van der Waals surface area contributed by atoms with Crippen LogP contribution in [0.2, 0.25) is 0 Å². The summed E-state index contributed by atoms with van der Waals surface area (Å²) in [7, 11) is -4.37. The molecule has 7 nitrogen and oxygen atoms in total. The molecule has 39 heavy (non-hydrogen) atoms. The van der Waals surface area contributed by atoms with Crippen LogP contribution in [0.4, 0.5) is 14.5 Å². The molecule has 1 N–H and O–H groups in total. The van der Waals surface area contributed by atoms with E-state index in [4.69, 9.17) is 0 Å². The van der Waals surface area contributed by atoms with Crippen molar-refractivity contribution in [2.45, 2.75) is 57.6 Å². The number of aryl methyl sites for hydroxylation is 1. The number of anilines is 1. The van der Waals surface area contributed by atoms with Crippen LogP contribution >= 0.6 is 0 Å². The summed E-state index contributed by atoms with van der Waals surface area (Å²) in [6, 6.07) is 15.5. The van der Waals surface area contributed by atoms with Crippen LogP contribution in [0.3, 0.4) is 0 Å². The van der Waals surface area contributed by atoms with E-state index in [-0.39, 0.29) is 23.2 Å². The number of nitrogens with one attached hydrogen (secondary N) is 1. The van der Waals surface area contributed by atoms with Gasteiger partial charge in [-0.05, 0) is 69.2 Å². The number of rotatable bonds is 11. The lowest BCUT2D eigenvalue weighted by Gasteiger charge is -2.32. The van der Waals surface area contributed by atoms with Crippen LogP contribution in [0, 0.1) is 18.6 Å². The maximum Gasteiger partial charge on any atom is 0.264 e. The zero-order chi connectivity index (χ0) is 28.7. The minimum absolute atomic E-state index is 0.0934. The summed E-state index contributed by atoms with van der Waals surface area (Å²) in [6.45, 7) is 6.20. The summed E-state index contributed by atoms with van der Waals surface area (Å²) in [5, 5.41) is 2.83. The molecule has 2 atom stereocenters. The number of carbonyl (C=O) groups excluding carboxylic acids is 2. The van der Waals surface area contributed by atoms with Crippen LogP contribution in [-0.4, -0.2) is 43.8 Å². The van der Waals surface area contributed by atoms with Gasteiger partial charge in [-0.15, -0.1) is 0 Å². The van der Waals surface area contributed by atoms with Crippen LogP contribution in [0.5, 0.6) is 0 Å². The van der Waals surface area contributed by atoms with Gasteiger partial charge >= 0.3 is 0 Å². The van der Waals surface area contributed by atoms with Crippen molar-refractivity contribution in [3.63, 3.8) is 0 Å². The number of nitrogens with zero attached hydrogens (tertiary/aromatic N) is 2. The van der Waals surface area contributed by atoms with E-state index in [1.54, 1.807) is 19.1 Å². The predicted octanol–water partition coefficient (Wildman–Crippen LogP) is 4.80. The molecule has 0 aromatic heterocycles. The number of carbonyl (C=O) groups is 2. The summed E-state index contributed by atoms with van der Waals surface area (Å²) in [5.74, 6) is -2.45. The van der Waals surface area contributed by atoms with Gasteiger partial charge in [-0.2, -0.15) is 0 Å². The molecule has 0 radical (unpaired) electrons. The molecule has 3 aromatic carbocycles. The number of hydrogen-bond donors (Lipinski definition) is 1. The highest BCUT2D eigenvalue weighted by Crippen LogP contribution is 2.27. The Bertz CT molecular complexity index is 1400. The maximum atomic E-state index is 14.9. The van der Waals surface area contributed by atoms with Gasteiger partial charge in [0.2, 0.25) is 11.8 Å². The van der Waals surface area contributed by atoms with Gasteiger partial charge in [0.1, 0.15) is 24.2 Å². The van der Waals surface area contributed by atoms with Gasteiger partial charge in [0.05, 0.1) is 10.6 Å². The fraction of sp³-hybridized carbons (Fsp3) is 0.310. The molecule has 0 heterocycles. The van der Waals surface area contributed by atoms with E-state index in [1.165, 1.54) is 66.4 Å². The van der Waals surface area contributed by atoms with E-state index in [9.17, 15) is 26.8 Å². The fourth-order valence-electron chi connectivity index (χ4n) is 3.84. The highest BCUT2D eigenvalue weighted by atomic mass is 32.2. The molecule has 0 aliphatic rings. The summed E-state index contributed by atoms with van der Waals surface area (Å²) in [6.07, 6.45) is 0.667. The smallest absolute Gasteiger partial charge is 0.264 e. The second kappa shape index (κ2) is 12.8. The van der Waals surface area contributed by atoms with E-state index < -0.39 is 46.1 Å². The van der Waals surface area contributed by atoms with Gasteiger partial charge < -0.3 is 10.2 Å². The van der Waals surface area contributed by atoms with Crippen molar-refractivity contribution in [1.29, 1.82) is 0 Å². The van der Waals surface area contributed by atoms with E-state index >= 15 is 0 Å². The van der Waals surface area contributed by atoms with Gasteiger partial charge in [0.15, 0.2) is 0 Å². The molecule has 3 rings (SSSR count). The number of para-hydroxylation sites is 1. The van der Waals surface area contributed by atoms with Gasteiger partial charge in [-0.25, -0.2) is 17.2 Å². The van der Waals surface area contributed by atoms with E-state index in [0.29, 0.717) is 16.3 Å². The average Bonchev–Trinajstić information content (AvgIpc) is 2.91. The number of benzene rings is 3. The topological polar surface area (TPSA) is 86.8 Å². The molecule has 0 fully saturated rings. The molecule has 0 saturated carbocycles. The monoisotopic (exact) mass is 557 g/mol. The molecule has 3 aromatic rings. The van der Waals surface area contributed by atoms with Crippen LogP contribution in [0.25, 0.3) is 0 Å². The molecule has 0 bridgehead atoms. The van der Waals surface area contributed by atoms with E-state index in [2.05, 4.69) is 5.32 Å². The first-order valence-corrected chi connectivity index (χ1v) is 14.1. The Balaban J connectivity index is 2.03. The number of halogens is 2. The second-order valence-corrected chi connectivity index (χ2v) is 11.3. The molecule has 208 valence electrons. The summed E-state index contributed by atoms with van der Waals surface area (Å²) < 4.78 is 56.6. The second-order valence-electron chi connectivity index (χ2n) is 9.42. The van der Waals surface area contributed by atoms with Gasteiger partial charge in [-0.1, -0.05) is 48.9 Å². The number of sulfonamides is 1. The Morgan fingerprint density at radius 1 is 0.923 bits per heavy atom. The van der Waals surface area contributed by atoms with Crippen molar-refractivity contribution in [1.82, 2.24) is 10.2 Å². The number of amides is 2. The van der Waals surface area contributed by atoms with Gasteiger partial charge in [0.25, 0.3) is 10.0 Å². The van der Waals surface area contributed by atoms with Crippen LogP contribution in [0.1, 0.15) is 38.3 Å². The maximum absolute atomic E-state index is 14.9. The van der Waals surface area contributed by atoms with E-state index in [0.717, 1.165) is 11.6 Å². The zero-order valence-corrected chi connectivity index (χ0v) is 23.2. The highest BCUT2D eigenvalue weighted by Gasteiger charge is 2.33. The van der Waals surface area contributed by atoms with Crippen molar-refractivity contribution in [3.8, 4) is 0 Å². The third-order valence-corrected chi connectivity index (χ3v) is 8.22. The van der Waals surface area contributed by atoms with Crippen molar-refractivity contribution in [3.05, 3.63) is 95.6 Å². The third kappa shape index (κ3) is 7.41. The summed E-state index contributed by atoms with van der Waals surface area (Å²) >= 11 is 0. The Morgan fingerprint density at radius 3 is 2.13 bits per heavy atom. The normalized spacial score (nSPS) is 12.9. The van der Waals surface area contributed by atoms with Crippen LogP contribution in [0.15, 0.2) is 77.7 Å². The first kappa shape index (κ1) is 29.8. The van der Waals surface area contributed by atoms with Crippen molar-refractivity contribution >= 4 is 27.5 Å². The Labute approximate surface area is 228 Å². The molecule has 2 amide bonds. The molecular weight excluding hydrogens is 524 g/mol. The molecule has 0 aliphatic heterocycles. The molecule has 10 heteroatoms. The average molecular weight is 558 g/mol. The van der Waals surface area contributed by atoms with Crippen LogP contribution < -0.4 is 9.62 Å². The lowest BCUT2D eigenvalue weighted by molar-refractivity contribution is -0.139. The van der Waals surface area contributed by atoms with E-state index in [1.807, 2.05) is 13.8 Å². The Hall–Kier alpha value is -3.79. The molecule has 0 unspecified atom stereocenters. The van der Waals surface area contributed by atoms with Crippen molar-refractivity contribution in [2.24, 2.45) is 0 Å². The molecule has 0 aliphatic carbocycles. The lowest BCUT2D eigenvalue weighted by atomic mass is 10.1. The minimum Gasteiger partial charge on any atom is -0.352 e. The first-order chi connectivity index (χ1) is 18.4. The standard InChI is InChI=1S/C29H33F2N3O4S/c1-5-21(3)32-29(36)22(4)33(18-23-12-14-24(30)15-13-23)28(35)19-34(27-9-7-6-8-26(27)31)39(37,38)25-16-10-20(2)11-17-25/h6-17,21-22H,5,18-19H2,1-4H3,(H,32,36)/t21-,22+/m1/s1. The van der Waals surface area contributed by atoms with Crippen molar-refractivity contribution in [2.75, 3.05) is 10.8 Å².